The molecule has 0 amide bonds. The van der Waals surface area contributed by atoms with Gasteiger partial charge in [-0.3, -0.25) is 0 Å². The number of ether oxygens (including phenoxy) is 1. The molecule has 0 bridgehead atoms. The molecule has 1 aromatic carbocycles. The normalized spacial score (nSPS) is 12.9. The second kappa shape index (κ2) is 4.50. The summed E-state index contributed by atoms with van der Waals surface area (Å²) in [4.78, 5) is 0.878. The highest BCUT2D eigenvalue weighted by atomic mass is 32.1. The summed E-state index contributed by atoms with van der Waals surface area (Å²) in [6.45, 7) is -0.00622. The van der Waals surface area contributed by atoms with Crippen LogP contribution in [-0.2, 0) is 4.74 Å². The first-order valence-electron chi connectivity index (χ1n) is 3.70. The fourth-order valence-electron chi connectivity index (χ4n) is 1.04. The van der Waals surface area contributed by atoms with Gasteiger partial charge in [0.05, 0.1) is 6.61 Å². The topological polar surface area (TPSA) is 29.5 Å². The van der Waals surface area contributed by atoms with Crippen LogP contribution in [-0.4, -0.2) is 18.8 Å². The van der Waals surface area contributed by atoms with Crippen LogP contribution in [0.15, 0.2) is 29.2 Å². The van der Waals surface area contributed by atoms with Crippen LogP contribution < -0.4 is 0 Å². The molecule has 1 rings (SSSR count). The first-order valence-corrected chi connectivity index (χ1v) is 4.15. The third-order valence-corrected chi connectivity index (χ3v) is 1.97. The molecular formula is C9H12O2S. The molecule has 3 heteroatoms. The summed E-state index contributed by atoms with van der Waals surface area (Å²) in [6, 6.07) is 7.56. The number of benzene rings is 1. The minimum Gasteiger partial charge on any atom is -0.393 e. The zero-order chi connectivity index (χ0) is 8.97. The van der Waals surface area contributed by atoms with Crippen molar-refractivity contribution in [2.75, 3.05) is 13.7 Å². The van der Waals surface area contributed by atoms with Crippen molar-refractivity contribution in [3.05, 3.63) is 29.8 Å². The molecule has 0 aromatic heterocycles. The Hall–Kier alpha value is -0.510. The van der Waals surface area contributed by atoms with Gasteiger partial charge in [-0.2, -0.15) is 0 Å². The fourth-order valence-corrected chi connectivity index (χ4v) is 1.28. The first kappa shape index (κ1) is 9.58. The largest absolute Gasteiger partial charge is 0.393 e. The Morgan fingerprint density at radius 2 is 2.33 bits per heavy atom. The van der Waals surface area contributed by atoms with E-state index in [4.69, 9.17) is 9.84 Å². The first-order chi connectivity index (χ1) is 5.77. The molecule has 0 saturated carbocycles. The van der Waals surface area contributed by atoms with Crippen LogP contribution >= 0.6 is 12.6 Å². The number of hydrogen-bond acceptors (Lipinski definition) is 3. The van der Waals surface area contributed by atoms with E-state index in [1.54, 1.807) is 7.11 Å². The summed E-state index contributed by atoms with van der Waals surface area (Å²) in [5.74, 6) is 0. The Morgan fingerprint density at radius 1 is 1.58 bits per heavy atom. The molecule has 1 aromatic rings. The van der Waals surface area contributed by atoms with Crippen molar-refractivity contribution in [3.63, 3.8) is 0 Å². The highest BCUT2D eigenvalue weighted by molar-refractivity contribution is 7.80. The second-order valence-corrected chi connectivity index (χ2v) is 3.02. The second-order valence-electron chi connectivity index (χ2n) is 2.50. The molecule has 0 aliphatic rings. The van der Waals surface area contributed by atoms with Gasteiger partial charge in [-0.15, -0.1) is 12.6 Å². The zero-order valence-corrected chi connectivity index (χ0v) is 7.79. The van der Waals surface area contributed by atoms with E-state index >= 15 is 0 Å². The van der Waals surface area contributed by atoms with Crippen molar-refractivity contribution in [1.82, 2.24) is 0 Å². The van der Waals surface area contributed by atoms with Crippen molar-refractivity contribution in [1.29, 1.82) is 0 Å². The third kappa shape index (κ3) is 2.24. The van der Waals surface area contributed by atoms with Gasteiger partial charge in [0.15, 0.2) is 0 Å². The summed E-state index contributed by atoms with van der Waals surface area (Å²) in [5.41, 5.74) is 0.951. The van der Waals surface area contributed by atoms with Gasteiger partial charge in [0.25, 0.3) is 0 Å². The van der Waals surface area contributed by atoms with Gasteiger partial charge in [0.1, 0.15) is 6.10 Å². The lowest BCUT2D eigenvalue weighted by Gasteiger charge is -2.12. The molecule has 66 valence electrons. The Labute approximate surface area is 77.6 Å². The SMILES string of the molecule is COC(CO)c1cccc(S)c1. The summed E-state index contributed by atoms with van der Waals surface area (Å²) >= 11 is 4.19. The van der Waals surface area contributed by atoms with Crippen LogP contribution in [0.5, 0.6) is 0 Å². The Morgan fingerprint density at radius 3 is 2.83 bits per heavy atom. The number of methoxy groups -OCH3 is 1. The zero-order valence-electron chi connectivity index (χ0n) is 6.90. The molecule has 0 fully saturated rings. The lowest BCUT2D eigenvalue weighted by molar-refractivity contribution is 0.0483. The number of aliphatic hydroxyl groups is 1. The lowest BCUT2D eigenvalue weighted by atomic mass is 10.1. The Bertz CT molecular complexity index is 246. The highest BCUT2D eigenvalue weighted by Crippen LogP contribution is 2.18. The maximum absolute atomic E-state index is 8.92. The van der Waals surface area contributed by atoms with Crippen LogP contribution in [0.25, 0.3) is 0 Å². The molecule has 0 spiro atoms. The quantitative estimate of drug-likeness (QED) is 0.699. The molecule has 0 aliphatic carbocycles. The van der Waals surface area contributed by atoms with Gasteiger partial charge in [-0.05, 0) is 17.7 Å². The van der Waals surface area contributed by atoms with Crippen molar-refractivity contribution in [2.24, 2.45) is 0 Å². The summed E-state index contributed by atoms with van der Waals surface area (Å²) in [6.07, 6.45) is -0.239. The molecule has 1 atom stereocenters. The molecule has 0 heterocycles. The summed E-state index contributed by atoms with van der Waals surface area (Å²) < 4.78 is 5.06. The molecule has 1 N–H and O–H groups in total. The fraction of sp³-hybridized carbons (Fsp3) is 0.333. The van der Waals surface area contributed by atoms with Gasteiger partial charge in [0.2, 0.25) is 0 Å². The molecule has 0 aliphatic heterocycles. The van der Waals surface area contributed by atoms with Crippen LogP contribution in [0.3, 0.4) is 0 Å². The van der Waals surface area contributed by atoms with Gasteiger partial charge in [-0.1, -0.05) is 12.1 Å². The Kier molecular flexibility index (Phi) is 3.59. The lowest BCUT2D eigenvalue weighted by Crippen LogP contribution is -2.05. The van der Waals surface area contributed by atoms with Crippen LogP contribution in [0, 0.1) is 0 Å². The van der Waals surface area contributed by atoms with Crippen molar-refractivity contribution in [2.45, 2.75) is 11.0 Å². The van der Waals surface area contributed by atoms with E-state index in [1.165, 1.54) is 0 Å². The molecule has 2 nitrogen and oxygen atoms in total. The number of thiol groups is 1. The van der Waals surface area contributed by atoms with E-state index in [-0.39, 0.29) is 12.7 Å². The van der Waals surface area contributed by atoms with Crippen LogP contribution in [0.1, 0.15) is 11.7 Å². The average Bonchev–Trinajstić information content (AvgIpc) is 2.07. The molecule has 0 radical (unpaired) electrons. The third-order valence-electron chi connectivity index (χ3n) is 1.69. The highest BCUT2D eigenvalue weighted by Gasteiger charge is 2.07. The van der Waals surface area contributed by atoms with E-state index in [2.05, 4.69) is 12.6 Å². The van der Waals surface area contributed by atoms with Gasteiger partial charge < -0.3 is 9.84 Å². The average molecular weight is 184 g/mol. The van der Waals surface area contributed by atoms with Crippen molar-refractivity contribution < 1.29 is 9.84 Å². The molecule has 0 saturated heterocycles. The van der Waals surface area contributed by atoms with E-state index in [9.17, 15) is 0 Å². The number of hydrogen-bond donors (Lipinski definition) is 2. The van der Waals surface area contributed by atoms with Crippen molar-refractivity contribution in [3.8, 4) is 0 Å². The monoisotopic (exact) mass is 184 g/mol. The van der Waals surface area contributed by atoms with Crippen LogP contribution in [0.4, 0.5) is 0 Å². The summed E-state index contributed by atoms with van der Waals surface area (Å²) in [7, 11) is 1.58. The predicted octanol–water partition coefficient (Wildman–Crippen LogP) is 1.66. The Balaban J connectivity index is 2.85. The molecule has 1 unspecified atom stereocenters. The maximum atomic E-state index is 8.92. The minimum atomic E-state index is -0.239. The van der Waals surface area contributed by atoms with Gasteiger partial charge in [0, 0.05) is 12.0 Å². The smallest absolute Gasteiger partial charge is 0.105 e. The van der Waals surface area contributed by atoms with E-state index in [0.717, 1.165) is 10.5 Å². The van der Waals surface area contributed by atoms with E-state index < -0.39 is 0 Å². The van der Waals surface area contributed by atoms with E-state index in [1.807, 2.05) is 24.3 Å². The number of aliphatic hydroxyl groups excluding tert-OH is 1. The minimum absolute atomic E-state index is 0.00622. The summed E-state index contributed by atoms with van der Waals surface area (Å²) in [5, 5.41) is 8.92. The maximum Gasteiger partial charge on any atom is 0.105 e. The standard InChI is InChI=1S/C9H12O2S/c1-11-9(6-10)7-3-2-4-8(12)5-7/h2-5,9-10,12H,6H2,1H3. The van der Waals surface area contributed by atoms with Gasteiger partial charge >= 0.3 is 0 Å². The van der Waals surface area contributed by atoms with Gasteiger partial charge in [-0.25, -0.2) is 0 Å². The molecule has 12 heavy (non-hydrogen) atoms. The number of rotatable bonds is 3. The molecular weight excluding hydrogens is 172 g/mol. The van der Waals surface area contributed by atoms with E-state index in [0.29, 0.717) is 0 Å². The van der Waals surface area contributed by atoms with Crippen molar-refractivity contribution >= 4 is 12.6 Å². The predicted molar refractivity (Wildman–Crippen MR) is 50.5 cm³/mol. The van der Waals surface area contributed by atoms with Crippen LogP contribution in [0.2, 0.25) is 0 Å².